The summed E-state index contributed by atoms with van der Waals surface area (Å²) in [5.74, 6) is 0. The highest BCUT2D eigenvalue weighted by molar-refractivity contribution is 9.13. The minimum atomic E-state index is 0.390. The lowest BCUT2D eigenvalue weighted by atomic mass is 10.2. The molecule has 0 radical (unpaired) electrons. The normalized spacial score (nSPS) is 10.6. The molecule has 0 atom stereocenters. The summed E-state index contributed by atoms with van der Waals surface area (Å²) in [6, 6.07) is 7.86. The Balaban J connectivity index is 2.16. The van der Waals surface area contributed by atoms with Crippen molar-refractivity contribution in [2.75, 3.05) is 5.32 Å². The molecular weight excluding hydrogens is 415 g/mol. The monoisotopic (exact) mass is 422 g/mol. The lowest BCUT2D eigenvalue weighted by molar-refractivity contribution is 1.12. The van der Waals surface area contributed by atoms with Crippen molar-refractivity contribution in [1.29, 1.82) is 0 Å². The molecule has 0 aliphatic carbocycles. The van der Waals surface area contributed by atoms with E-state index in [4.69, 9.17) is 23.2 Å². The van der Waals surface area contributed by atoms with Crippen LogP contribution in [-0.2, 0) is 6.54 Å². The Hall–Kier alpha value is -0.290. The SMILES string of the molecule is Cc1cc(Cl)nc(Cl)c1NCc1ccc(Br)c(Br)c1. The largest absolute Gasteiger partial charge is 0.378 e. The first kappa shape index (κ1) is 15.1. The third-order valence-corrected chi connectivity index (χ3v) is 4.94. The first-order chi connectivity index (χ1) is 8.97. The van der Waals surface area contributed by atoms with Gasteiger partial charge < -0.3 is 5.32 Å². The van der Waals surface area contributed by atoms with Crippen LogP contribution in [0.5, 0.6) is 0 Å². The number of rotatable bonds is 3. The molecule has 0 bridgehead atoms. The molecule has 2 aromatic rings. The van der Waals surface area contributed by atoms with Crippen LogP contribution in [-0.4, -0.2) is 4.98 Å². The summed E-state index contributed by atoms with van der Waals surface area (Å²) < 4.78 is 2.04. The summed E-state index contributed by atoms with van der Waals surface area (Å²) in [6.07, 6.45) is 0. The van der Waals surface area contributed by atoms with E-state index in [0.29, 0.717) is 16.9 Å². The molecule has 1 N–H and O–H groups in total. The second kappa shape index (κ2) is 6.44. The smallest absolute Gasteiger partial charge is 0.154 e. The number of nitrogens with zero attached hydrogens (tertiary/aromatic N) is 1. The van der Waals surface area contributed by atoms with E-state index in [2.05, 4.69) is 42.2 Å². The molecule has 0 amide bonds. The van der Waals surface area contributed by atoms with Crippen LogP contribution in [0.3, 0.4) is 0 Å². The molecule has 0 spiro atoms. The van der Waals surface area contributed by atoms with Gasteiger partial charge in [-0.15, -0.1) is 0 Å². The van der Waals surface area contributed by atoms with Crippen molar-refractivity contribution in [2.45, 2.75) is 13.5 Å². The molecule has 0 saturated carbocycles. The highest BCUT2D eigenvalue weighted by atomic mass is 79.9. The van der Waals surface area contributed by atoms with E-state index in [9.17, 15) is 0 Å². The summed E-state index contributed by atoms with van der Waals surface area (Å²) in [7, 11) is 0. The molecule has 100 valence electrons. The molecule has 1 heterocycles. The van der Waals surface area contributed by atoms with Gasteiger partial charge in [-0.05, 0) is 68.1 Å². The van der Waals surface area contributed by atoms with Gasteiger partial charge in [-0.1, -0.05) is 29.3 Å². The van der Waals surface area contributed by atoms with Crippen LogP contribution in [0.2, 0.25) is 10.3 Å². The van der Waals surface area contributed by atoms with Gasteiger partial charge in [0.1, 0.15) is 5.15 Å². The lowest BCUT2D eigenvalue weighted by Crippen LogP contribution is -2.03. The van der Waals surface area contributed by atoms with Gasteiger partial charge in [0.2, 0.25) is 0 Å². The quantitative estimate of drug-likeness (QED) is 0.626. The minimum absolute atomic E-state index is 0.390. The maximum atomic E-state index is 6.08. The Morgan fingerprint density at radius 2 is 1.89 bits per heavy atom. The molecule has 6 heteroatoms. The van der Waals surface area contributed by atoms with Crippen molar-refractivity contribution in [3.63, 3.8) is 0 Å². The Kier molecular flexibility index (Phi) is 5.12. The second-order valence-corrected chi connectivity index (χ2v) is 6.48. The van der Waals surface area contributed by atoms with Crippen LogP contribution in [0.4, 0.5) is 5.69 Å². The van der Waals surface area contributed by atoms with Gasteiger partial charge in [-0.25, -0.2) is 4.98 Å². The van der Waals surface area contributed by atoms with E-state index < -0.39 is 0 Å². The third-order valence-electron chi connectivity index (χ3n) is 2.59. The molecule has 2 nitrogen and oxygen atoms in total. The van der Waals surface area contributed by atoms with Gasteiger partial charge in [0, 0.05) is 15.5 Å². The van der Waals surface area contributed by atoms with Crippen LogP contribution >= 0.6 is 55.1 Å². The topological polar surface area (TPSA) is 24.9 Å². The number of aromatic nitrogens is 1. The number of aryl methyl sites for hydroxylation is 1. The Bertz CT molecular complexity index is 595. The van der Waals surface area contributed by atoms with Gasteiger partial charge >= 0.3 is 0 Å². The molecule has 0 fully saturated rings. The van der Waals surface area contributed by atoms with Crippen LogP contribution in [0.1, 0.15) is 11.1 Å². The van der Waals surface area contributed by atoms with Crippen molar-refractivity contribution in [3.8, 4) is 0 Å². The number of halogens is 4. The van der Waals surface area contributed by atoms with Crippen molar-refractivity contribution in [3.05, 3.63) is 54.6 Å². The highest BCUT2D eigenvalue weighted by Gasteiger charge is 2.07. The molecule has 0 saturated heterocycles. The summed E-state index contributed by atoms with van der Waals surface area (Å²) in [5.41, 5.74) is 2.92. The van der Waals surface area contributed by atoms with E-state index in [0.717, 1.165) is 25.8 Å². The van der Waals surface area contributed by atoms with Crippen molar-refractivity contribution in [1.82, 2.24) is 4.98 Å². The van der Waals surface area contributed by atoms with Crippen LogP contribution in [0.15, 0.2) is 33.2 Å². The third kappa shape index (κ3) is 3.85. The summed E-state index contributed by atoms with van der Waals surface area (Å²) in [4.78, 5) is 4.03. The summed E-state index contributed by atoms with van der Waals surface area (Å²) in [6.45, 7) is 2.61. The second-order valence-electron chi connectivity index (χ2n) is 4.03. The predicted molar refractivity (Wildman–Crippen MR) is 88.2 cm³/mol. The zero-order valence-electron chi connectivity index (χ0n) is 9.98. The van der Waals surface area contributed by atoms with Crippen LogP contribution in [0.25, 0.3) is 0 Å². The number of hydrogen-bond donors (Lipinski definition) is 1. The standard InChI is InChI=1S/C13H10Br2Cl2N2/c1-7-4-11(16)19-13(17)12(7)18-6-8-2-3-9(14)10(15)5-8/h2-5,18H,6H2,1H3. The number of hydrogen-bond acceptors (Lipinski definition) is 2. The first-order valence-electron chi connectivity index (χ1n) is 5.48. The van der Waals surface area contributed by atoms with Crippen molar-refractivity contribution in [2.24, 2.45) is 0 Å². The Labute approximate surface area is 138 Å². The van der Waals surface area contributed by atoms with E-state index in [1.807, 2.05) is 25.1 Å². The minimum Gasteiger partial charge on any atom is -0.378 e. The highest BCUT2D eigenvalue weighted by Crippen LogP contribution is 2.28. The molecule has 2 rings (SSSR count). The molecule has 1 aromatic heterocycles. The maximum Gasteiger partial charge on any atom is 0.154 e. The van der Waals surface area contributed by atoms with E-state index >= 15 is 0 Å². The van der Waals surface area contributed by atoms with Gasteiger partial charge in [0.05, 0.1) is 5.69 Å². The maximum absolute atomic E-state index is 6.08. The van der Waals surface area contributed by atoms with Gasteiger partial charge in [-0.3, -0.25) is 0 Å². The Morgan fingerprint density at radius 3 is 2.53 bits per heavy atom. The molecule has 0 unspecified atom stereocenters. The molecule has 1 aromatic carbocycles. The summed E-state index contributed by atoms with van der Waals surface area (Å²) in [5, 5.41) is 4.07. The fraction of sp³-hybridized carbons (Fsp3) is 0.154. The zero-order valence-corrected chi connectivity index (χ0v) is 14.7. The van der Waals surface area contributed by atoms with E-state index in [-0.39, 0.29) is 0 Å². The Morgan fingerprint density at radius 1 is 1.16 bits per heavy atom. The van der Waals surface area contributed by atoms with Crippen LogP contribution < -0.4 is 5.32 Å². The number of nitrogens with one attached hydrogen (secondary N) is 1. The average Bonchev–Trinajstić information content (AvgIpc) is 2.32. The van der Waals surface area contributed by atoms with Gasteiger partial charge in [-0.2, -0.15) is 0 Å². The summed E-state index contributed by atoms with van der Waals surface area (Å²) >= 11 is 18.8. The zero-order chi connectivity index (χ0) is 14.0. The first-order valence-corrected chi connectivity index (χ1v) is 7.82. The number of benzene rings is 1. The number of anilines is 1. The molecular formula is C13H10Br2Cl2N2. The molecule has 19 heavy (non-hydrogen) atoms. The molecule has 0 aliphatic heterocycles. The van der Waals surface area contributed by atoms with Crippen LogP contribution in [0, 0.1) is 6.92 Å². The number of pyridine rings is 1. The fourth-order valence-electron chi connectivity index (χ4n) is 1.65. The van der Waals surface area contributed by atoms with E-state index in [1.165, 1.54) is 0 Å². The average molecular weight is 425 g/mol. The van der Waals surface area contributed by atoms with E-state index in [1.54, 1.807) is 6.07 Å². The predicted octanol–water partition coefficient (Wildman–Crippen LogP) is 5.83. The van der Waals surface area contributed by atoms with Crippen molar-refractivity contribution >= 4 is 60.7 Å². The fourth-order valence-corrected chi connectivity index (χ4v) is 2.92. The van der Waals surface area contributed by atoms with Gasteiger partial charge in [0.15, 0.2) is 5.15 Å². The van der Waals surface area contributed by atoms with Crippen molar-refractivity contribution < 1.29 is 0 Å². The molecule has 0 aliphatic rings. The lowest BCUT2D eigenvalue weighted by Gasteiger charge is -2.12. The van der Waals surface area contributed by atoms with Gasteiger partial charge in [0.25, 0.3) is 0 Å².